The maximum absolute atomic E-state index is 13.6. The molecule has 0 radical (unpaired) electrons. The van der Waals surface area contributed by atoms with Gasteiger partial charge in [0.2, 0.25) is 0 Å². The fourth-order valence-corrected chi connectivity index (χ4v) is 1.87. The molecule has 0 saturated carbocycles. The highest BCUT2D eigenvalue weighted by molar-refractivity contribution is 5.34. The van der Waals surface area contributed by atoms with Crippen LogP contribution in [-0.2, 0) is 0 Å². The van der Waals surface area contributed by atoms with Crippen LogP contribution in [0.15, 0.2) is 31.0 Å². The molecular formula is C11H11FN4. The van der Waals surface area contributed by atoms with Gasteiger partial charge < -0.3 is 5.32 Å². The molecule has 82 valence electrons. The van der Waals surface area contributed by atoms with Crippen LogP contribution in [0.3, 0.4) is 0 Å². The summed E-state index contributed by atoms with van der Waals surface area (Å²) >= 11 is 0. The average Bonchev–Trinajstić information content (AvgIpc) is 2.65. The Bertz CT molecular complexity index is 504. The van der Waals surface area contributed by atoms with Crippen molar-refractivity contribution in [3.05, 3.63) is 42.5 Å². The second kappa shape index (κ2) is 3.68. The molecule has 1 aliphatic heterocycles. The van der Waals surface area contributed by atoms with Crippen LogP contribution >= 0.6 is 0 Å². The van der Waals surface area contributed by atoms with E-state index in [1.807, 2.05) is 0 Å². The Morgan fingerprint density at radius 3 is 2.88 bits per heavy atom. The van der Waals surface area contributed by atoms with Crippen molar-refractivity contribution in [1.82, 2.24) is 19.9 Å². The third-order valence-corrected chi connectivity index (χ3v) is 2.88. The van der Waals surface area contributed by atoms with Crippen LogP contribution in [0.4, 0.5) is 4.39 Å². The summed E-state index contributed by atoms with van der Waals surface area (Å²) in [6, 6.07) is 1.66. The fourth-order valence-electron chi connectivity index (χ4n) is 1.87. The lowest BCUT2D eigenvalue weighted by molar-refractivity contribution is 0.434. The van der Waals surface area contributed by atoms with Gasteiger partial charge in [0.1, 0.15) is 0 Å². The van der Waals surface area contributed by atoms with Crippen molar-refractivity contribution in [3.63, 3.8) is 0 Å². The molecule has 0 bridgehead atoms. The number of hydrogen-bond acceptors (Lipinski definition) is 3. The largest absolute Gasteiger partial charge is 0.315 e. The van der Waals surface area contributed by atoms with Crippen molar-refractivity contribution in [3.8, 4) is 5.69 Å². The van der Waals surface area contributed by atoms with Crippen molar-refractivity contribution in [2.75, 3.05) is 13.1 Å². The second-order valence-electron chi connectivity index (χ2n) is 3.87. The zero-order valence-corrected chi connectivity index (χ0v) is 8.60. The highest BCUT2D eigenvalue weighted by Gasteiger charge is 2.23. The average molecular weight is 218 g/mol. The van der Waals surface area contributed by atoms with Gasteiger partial charge in [0.15, 0.2) is 5.82 Å². The standard InChI is InChI=1S/C11H11FN4/c12-9-5-13-2-1-10(9)16-7-15-6-11(16)8-3-14-4-8/h1-2,5-8,14H,3-4H2. The fraction of sp³-hybridized carbons (Fsp3) is 0.273. The molecule has 0 unspecified atom stereocenters. The summed E-state index contributed by atoms with van der Waals surface area (Å²) in [6.45, 7) is 1.86. The van der Waals surface area contributed by atoms with E-state index in [9.17, 15) is 4.39 Å². The Morgan fingerprint density at radius 1 is 1.31 bits per heavy atom. The zero-order chi connectivity index (χ0) is 11.0. The molecule has 1 aliphatic rings. The summed E-state index contributed by atoms with van der Waals surface area (Å²) in [5.41, 5.74) is 1.55. The summed E-state index contributed by atoms with van der Waals surface area (Å²) in [5, 5.41) is 3.20. The molecule has 3 heterocycles. The monoisotopic (exact) mass is 218 g/mol. The highest BCUT2D eigenvalue weighted by Crippen LogP contribution is 2.23. The van der Waals surface area contributed by atoms with Gasteiger partial charge in [-0.15, -0.1) is 0 Å². The first-order valence-corrected chi connectivity index (χ1v) is 5.19. The van der Waals surface area contributed by atoms with E-state index in [0.717, 1.165) is 18.8 Å². The first-order chi connectivity index (χ1) is 7.86. The smallest absolute Gasteiger partial charge is 0.165 e. The molecule has 4 nitrogen and oxygen atoms in total. The van der Waals surface area contributed by atoms with Gasteiger partial charge in [-0.1, -0.05) is 0 Å². The van der Waals surface area contributed by atoms with Gasteiger partial charge in [0.25, 0.3) is 0 Å². The van der Waals surface area contributed by atoms with Crippen molar-refractivity contribution < 1.29 is 4.39 Å². The maximum Gasteiger partial charge on any atom is 0.165 e. The first-order valence-electron chi connectivity index (χ1n) is 5.19. The molecule has 16 heavy (non-hydrogen) atoms. The van der Waals surface area contributed by atoms with Gasteiger partial charge in [-0.05, 0) is 6.07 Å². The molecule has 2 aromatic rings. The molecule has 5 heteroatoms. The van der Waals surface area contributed by atoms with Crippen LogP contribution in [0.5, 0.6) is 0 Å². The van der Waals surface area contributed by atoms with Crippen molar-refractivity contribution in [2.24, 2.45) is 0 Å². The number of nitrogens with zero attached hydrogens (tertiary/aromatic N) is 3. The molecule has 0 aromatic carbocycles. The Labute approximate surface area is 92.2 Å². The van der Waals surface area contributed by atoms with Crippen molar-refractivity contribution in [2.45, 2.75) is 5.92 Å². The molecule has 0 atom stereocenters. The van der Waals surface area contributed by atoms with Gasteiger partial charge in [0.05, 0.1) is 18.2 Å². The number of rotatable bonds is 2. The lowest BCUT2D eigenvalue weighted by atomic mass is 10.00. The van der Waals surface area contributed by atoms with Crippen LogP contribution in [-0.4, -0.2) is 27.6 Å². The first kappa shape index (κ1) is 9.47. The SMILES string of the molecule is Fc1cnccc1-n1cncc1C1CNC1. The second-order valence-corrected chi connectivity index (χ2v) is 3.87. The van der Waals surface area contributed by atoms with Gasteiger partial charge in [0, 0.05) is 37.1 Å². The number of pyridine rings is 1. The lowest BCUT2D eigenvalue weighted by Gasteiger charge is -2.27. The third-order valence-electron chi connectivity index (χ3n) is 2.88. The van der Waals surface area contributed by atoms with E-state index in [-0.39, 0.29) is 5.82 Å². The van der Waals surface area contributed by atoms with E-state index in [1.165, 1.54) is 6.20 Å². The van der Waals surface area contributed by atoms with Gasteiger partial charge in [-0.25, -0.2) is 9.37 Å². The van der Waals surface area contributed by atoms with Crippen LogP contribution < -0.4 is 5.32 Å². The highest BCUT2D eigenvalue weighted by atomic mass is 19.1. The normalized spacial score (nSPS) is 16.1. The van der Waals surface area contributed by atoms with Crippen LogP contribution in [0.1, 0.15) is 11.6 Å². The predicted octanol–water partition coefficient (Wildman–Crippen LogP) is 1.09. The van der Waals surface area contributed by atoms with E-state index in [1.54, 1.807) is 29.4 Å². The third kappa shape index (κ3) is 1.40. The van der Waals surface area contributed by atoms with E-state index in [2.05, 4.69) is 15.3 Å². The van der Waals surface area contributed by atoms with Crippen LogP contribution in [0.2, 0.25) is 0 Å². The number of imidazole rings is 1. The molecule has 0 amide bonds. The van der Waals surface area contributed by atoms with E-state index >= 15 is 0 Å². The molecule has 1 saturated heterocycles. The van der Waals surface area contributed by atoms with E-state index in [4.69, 9.17) is 0 Å². The van der Waals surface area contributed by atoms with Crippen molar-refractivity contribution in [1.29, 1.82) is 0 Å². The zero-order valence-electron chi connectivity index (χ0n) is 8.60. The number of halogens is 1. The summed E-state index contributed by atoms with van der Waals surface area (Å²) in [5.74, 6) is 0.101. The molecule has 1 N–H and O–H groups in total. The Balaban J connectivity index is 2.06. The summed E-state index contributed by atoms with van der Waals surface area (Å²) < 4.78 is 15.4. The summed E-state index contributed by atoms with van der Waals surface area (Å²) in [6.07, 6.45) is 6.25. The Morgan fingerprint density at radius 2 is 2.19 bits per heavy atom. The maximum atomic E-state index is 13.6. The molecule has 1 fully saturated rings. The molecule has 0 aliphatic carbocycles. The number of nitrogens with one attached hydrogen (secondary N) is 1. The van der Waals surface area contributed by atoms with Gasteiger partial charge >= 0.3 is 0 Å². The molecule has 3 rings (SSSR count). The van der Waals surface area contributed by atoms with Gasteiger partial charge in [-0.2, -0.15) is 0 Å². The number of hydrogen-bond donors (Lipinski definition) is 1. The summed E-state index contributed by atoms with van der Waals surface area (Å²) in [7, 11) is 0. The minimum atomic E-state index is -0.325. The van der Waals surface area contributed by atoms with E-state index < -0.39 is 0 Å². The quantitative estimate of drug-likeness (QED) is 0.820. The van der Waals surface area contributed by atoms with Crippen LogP contribution in [0, 0.1) is 5.82 Å². The van der Waals surface area contributed by atoms with Crippen molar-refractivity contribution >= 4 is 0 Å². The minimum Gasteiger partial charge on any atom is -0.315 e. The summed E-state index contributed by atoms with van der Waals surface area (Å²) in [4.78, 5) is 7.83. The molecule has 2 aromatic heterocycles. The minimum absolute atomic E-state index is 0.325. The predicted molar refractivity (Wildman–Crippen MR) is 56.9 cm³/mol. The number of aromatic nitrogens is 3. The molecular weight excluding hydrogens is 207 g/mol. The lowest BCUT2D eigenvalue weighted by Crippen LogP contribution is -2.40. The Hall–Kier alpha value is -1.75. The Kier molecular flexibility index (Phi) is 2.18. The van der Waals surface area contributed by atoms with Crippen LogP contribution in [0.25, 0.3) is 5.69 Å². The van der Waals surface area contributed by atoms with E-state index in [0.29, 0.717) is 11.6 Å². The topological polar surface area (TPSA) is 42.7 Å². The molecule has 0 spiro atoms. The van der Waals surface area contributed by atoms with Gasteiger partial charge in [-0.3, -0.25) is 9.55 Å².